The summed E-state index contributed by atoms with van der Waals surface area (Å²) in [4.78, 5) is 18.4. The molecule has 0 saturated carbocycles. The predicted octanol–water partition coefficient (Wildman–Crippen LogP) is 2.88. The zero-order chi connectivity index (χ0) is 13.7. The van der Waals surface area contributed by atoms with E-state index in [1.807, 2.05) is 17.0 Å². The van der Waals surface area contributed by atoms with Gasteiger partial charge in [0.15, 0.2) is 0 Å². The minimum absolute atomic E-state index is 0.00824. The van der Waals surface area contributed by atoms with Crippen LogP contribution in [0.25, 0.3) is 0 Å². The average Bonchev–Trinajstić information content (AvgIpc) is 2.44. The Morgan fingerprint density at radius 1 is 1.58 bits per heavy atom. The first kappa shape index (κ1) is 14.5. The third kappa shape index (κ3) is 4.01. The minimum atomic E-state index is -0.00824. The molecule has 2 heterocycles. The van der Waals surface area contributed by atoms with E-state index in [2.05, 4.69) is 27.8 Å². The van der Waals surface area contributed by atoms with Crippen LogP contribution < -0.4 is 0 Å². The molecule has 1 amide bonds. The number of nitrogens with zero attached hydrogens (tertiary/aromatic N) is 2. The van der Waals surface area contributed by atoms with Crippen LogP contribution in [0, 0.1) is 0 Å². The van der Waals surface area contributed by atoms with Crippen LogP contribution >= 0.6 is 15.9 Å². The molecule has 0 aliphatic carbocycles. The topological polar surface area (TPSA) is 42.4 Å². The molecule has 0 radical (unpaired) electrons. The molecule has 1 aliphatic rings. The second-order valence-electron chi connectivity index (χ2n) is 4.73. The van der Waals surface area contributed by atoms with E-state index in [1.165, 1.54) is 0 Å². The molecule has 104 valence electrons. The van der Waals surface area contributed by atoms with Gasteiger partial charge >= 0.3 is 0 Å². The molecule has 1 unspecified atom stereocenters. The van der Waals surface area contributed by atoms with E-state index in [0.717, 1.165) is 32.4 Å². The van der Waals surface area contributed by atoms with Gasteiger partial charge in [-0.3, -0.25) is 4.79 Å². The van der Waals surface area contributed by atoms with Crippen LogP contribution in [0.4, 0.5) is 0 Å². The van der Waals surface area contributed by atoms with E-state index >= 15 is 0 Å². The van der Waals surface area contributed by atoms with Crippen LogP contribution in [0.1, 0.15) is 36.7 Å². The summed E-state index contributed by atoms with van der Waals surface area (Å²) in [5, 5.41) is 0. The second kappa shape index (κ2) is 7.01. The van der Waals surface area contributed by atoms with Gasteiger partial charge in [0.1, 0.15) is 10.3 Å². The number of hydrogen-bond acceptors (Lipinski definition) is 3. The molecule has 1 saturated heterocycles. The predicted molar refractivity (Wildman–Crippen MR) is 77.1 cm³/mol. The van der Waals surface area contributed by atoms with Crippen LogP contribution in [0.5, 0.6) is 0 Å². The fourth-order valence-electron chi connectivity index (χ4n) is 2.23. The Balaban J connectivity index is 1.99. The average molecular weight is 327 g/mol. The number of pyridine rings is 1. The van der Waals surface area contributed by atoms with Crippen molar-refractivity contribution in [2.45, 2.75) is 32.3 Å². The summed E-state index contributed by atoms with van der Waals surface area (Å²) < 4.78 is 6.44. The Hall–Kier alpha value is -0.940. The van der Waals surface area contributed by atoms with Gasteiger partial charge in [-0.2, -0.15) is 0 Å². The van der Waals surface area contributed by atoms with Gasteiger partial charge in [0.25, 0.3) is 5.91 Å². The maximum absolute atomic E-state index is 12.4. The summed E-state index contributed by atoms with van der Waals surface area (Å²) in [5.41, 5.74) is 0.491. The molecule has 1 aromatic heterocycles. The van der Waals surface area contributed by atoms with Gasteiger partial charge in [0, 0.05) is 19.7 Å². The van der Waals surface area contributed by atoms with Crippen LogP contribution in [-0.2, 0) is 4.74 Å². The van der Waals surface area contributed by atoms with Gasteiger partial charge in [-0.1, -0.05) is 13.0 Å². The largest absolute Gasteiger partial charge is 0.376 e. The number of hydrogen-bond donors (Lipinski definition) is 0. The fraction of sp³-hybridized carbons (Fsp3) is 0.571. The lowest BCUT2D eigenvalue weighted by Crippen LogP contribution is -2.43. The van der Waals surface area contributed by atoms with E-state index in [4.69, 9.17) is 4.74 Å². The Bertz CT molecular complexity index is 439. The van der Waals surface area contributed by atoms with Crippen molar-refractivity contribution in [2.75, 3.05) is 19.7 Å². The quantitative estimate of drug-likeness (QED) is 0.799. The zero-order valence-electron chi connectivity index (χ0n) is 11.1. The number of aromatic nitrogens is 1. The molecule has 0 bridgehead atoms. The van der Waals surface area contributed by atoms with Gasteiger partial charge < -0.3 is 9.64 Å². The first-order valence-electron chi connectivity index (χ1n) is 6.74. The van der Waals surface area contributed by atoms with Gasteiger partial charge in [-0.25, -0.2) is 4.98 Å². The van der Waals surface area contributed by atoms with Crippen molar-refractivity contribution in [2.24, 2.45) is 0 Å². The molecule has 5 heteroatoms. The molecule has 19 heavy (non-hydrogen) atoms. The molecule has 0 spiro atoms. The lowest BCUT2D eigenvalue weighted by Gasteiger charge is -2.32. The third-order valence-corrected chi connectivity index (χ3v) is 3.60. The first-order chi connectivity index (χ1) is 9.20. The molecule has 1 aliphatic heterocycles. The van der Waals surface area contributed by atoms with Crippen LogP contribution in [0.3, 0.4) is 0 Å². The van der Waals surface area contributed by atoms with E-state index in [0.29, 0.717) is 16.8 Å². The van der Waals surface area contributed by atoms with Crippen LogP contribution in [0.15, 0.2) is 22.8 Å². The number of rotatable bonds is 4. The van der Waals surface area contributed by atoms with E-state index in [-0.39, 0.29) is 12.0 Å². The molecule has 1 fully saturated rings. The molecule has 0 aromatic carbocycles. The molecule has 1 atom stereocenters. The summed E-state index contributed by atoms with van der Waals surface area (Å²) in [5.74, 6) is -0.00824. The Labute approximate surface area is 122 Å². The second-order valence-corrected chi connectivity index (χ2v) is 5.54. The van der Waals surface area contributed by atoms with Gasteiger partial charge in [-0.05, 0) is 47.3 Å². The number of carbonyl (C=O) groups excluding carboxylic acids is 1. The van der Waals surface area contributed by atoms with Crippen molar-refractivity contribution >= 4 is 21.8 Å². The summed E-state index contributed by atoms with van der Waals surface area (Å²) in [6.45, 7) is 4.32. The van der Waals surface area contributed by atoms with E-state index in [9.17, 15) is 4.79 Å². The van der Waals surface area contributed by atoms with E-state index in [1.54, 1.807) is 6.07 Å². The maximum Gasteiger partial charge on any atom is 0.272 e. The summed E-state index contributed by atoms with van der Waals surface area (Å²) in [7, 11) is 0. The highest BCUT2D eigenvalue weighted by atomic mass is 79.9. The van der Waals surface area contributed by atoms with Gasteiger partial charge in [0.05, 0.1) is 6.10 Å². The smallest absolute Gasteiger partial charge is 0.272 e. The minimum Gasteiger partial charge on any atom is -0.376 e. The van der Waals surface area contributed by atoms with Crippen molar-refractivity contribution in [3.05, 3.63) is 28.5 Å². The number of likely N-dealkylation sites (tertiary alicyclic amines) is 1. The Kier molecular flexibility index (Phi) is 5.34. The molecule has 4 nitrogen and oxygen atoms in total. The molecular weight excluding hydrogens is 308 g/mol. The fourth-order valence-corrected chi connectivity index (χ4v) is 2.58. The highest BCUT2D eigenvalue weighted by Crippen LogP contribution is 2.16. The molecule has 1 aromatic rings. The number of carbonyl (C=O) groups is 1. The lowest BCUT2D eigenvalue weighted by atomic mass is 10.1. The number of ether oxygens (including phenoxy) is 1. The Morgan fingerprint density at radius 2 is 2.42 bits per heavy atom. The molecular formula is C14H19BrN2O2. The van der Waals surface area contributed by atoms with Crippen molar-refractivity contribution < 1.29 is 9.53 Å². The van der Waals surface area contributed by atoms with Crippen LogP contribution in [0.2, 0.25) is 0 Å². The van der Waals surface area contributed by atoms with Crippen molar-refractivity contribution in [3.8, 4) is 0 Å². The van der Waals surface area contributed by atoms with Crippen LogP contribution in [-0.4, -0.2) is 41.6 Å². The van der Waals surface area contributed by atoms with Crippen molar-refractivity contribution in [1.29, 1.82) is 0 Å². The first-order valence-corrected chi connectivity index (χ1v) is 7.53. The SMILES string of the molecule is CCCOC1CCCN(C(=O)c2cccc(Br)n2)C1. The zero-order valence-corrected chi connectivity index (χ0v) is 12.7. The standard InChI is InChI=1S/C14H19BrN2O2/c1-2-9-19-11-5-4-8-17(10-11)14(18)12-6-3-7-13(15)16-12/h3,6-7,11H,2,4-5,8-10H2,1H3. The molecule has 0 N–H and O–H groups in total. The summed E-state index contributed by atoms with van der Waals surface area (Å²) >= 11 is 3.29. The highest BCUT2D eigenvalue weighted by Gasteiger charge is 2.25. The number of halogens is 1. The summed E-state index contributed by atoms with van der Waals surface area (Å²) in [6, 6.07) is 5.41. The van der Waals surface area contributed by atoms with Crippen molar-refractivity contribution in [3.63, 3.8) is 0 Å². The number of amides is 1. The Morgan fingerprint density at radius 3 is 3.16 bits per heavy atom. The monoisotopic (exact) mass is 326 g/mol. The highest BCUT2D eigenvalue weighted by molar-refractivity contribution is 9.10. The summed E-state index contributed by atoms with van der Waals surface area (Å²) in [6.07, 6.45) is 3.21. The third-order valence-electron chi connectivity index (χ3n) is 3.16. The normalized spacial score (nSPS) is 19.5. The molecule has 2 rings (SSSR count). The lowest BCUT2D eigenvalue weighted by molar-refractivity contribution is 0.00192. The van der Waals surface area contributed by atoms with Crippen molar-refractivity contribution in [1.82, 2.24) is 9.88 Å². The maximum atomic E-state index is 12.4. The van der Waals surface area contributed by atoms with Gasteiger partial charge in [0.2, 0.25) is 0 Å². The van der Waals surface area contributed by atoms with Gasteiger partial charge in [-0.15, -0.1) is 0 Å². The number of piperidine rings is 1. The van der Waals surface area contributed by atoms with E-state index < -0.39 is 0 Å².